The Labute approximate surface area is 183 Å². The predicted molar refractivity (Wildman–Crippen MR) is 125 cm³/mol. The summed E-state index contributed by atoms with van der Waals surface area (Å²) in [5, 5.41) is 7.23. The lowest BCUT2D eigenvalue weighted by molar-refractivity contribution is -0.116. The molecule has 0 aliphatic rings. The number of carbonyl (C=O) groups excluding carboxylic acids is 1. The van der Waals surface area contributed by atoms with Gasteiger partial charge < -0.3 is 5.32 Å². The van der Waals surface area contributed by atoms with E-state index in [-0.39, 0.29) is 18.0 Å². The topological polar surface area (TPSA) is 56.0 Å². The predicted octanol–water partition coefficient (Wildman–Crippen LogP) is 5.21. The number of hydrogen-bond acceptors (Lipinski definition) is 4. The molecule has 154 valence electrons. The lowest BCUT2D eigenvalue weighted by Gasteiger charge is -2.11. The molecule has 5 nitrogen and oxygen atoms in total. The molecule has 0 fully saturated rings. The van der Waals surface area contributed by atoms with E-state index in [1.54, 1.807) is 32.2 Å². The number of para-hydroxylation sites is 3. The Hall–Kier alpha value is -2.77. The molecule has 2 aromatic carbocycles. The molecule has 0 atom stereocenters. The van der Waals surface area contributed by atoms with Gasteiger partial charge in [0.1, 0.15) is 0 Å². The Bertz CT molecular complexity index is 1210. The monoisotopic (exact) mass is 437 g/mol. The van der Waals surface area contributed by atoms with Crippen molar-refractivity contribution < 1.29 is 4.79 Å². The Morgan fingerprint density at radius 1 is 1.03 bits per heavy atom. The first-order valence-electron chi connectivity index (χ1n) is 9.88. The number of thiophene rings is 1. The molecule has 30 heavy (non-hydrogen) atoms. The number of fused-ring (bicyclic) bond motifs is 1. The summed E-state index contributed by atoms with van der Waals surface area (Å²) >= 11 is 3.39. The van der Waals surface area contributed by atoms with Crippen molar-refractivity contribution in [1.82, 2.24) is 9.13 Å². The van der Waals surface area contributed by atoms with Gasteiger partial charge in [-0.1, -0.05) is 24.3 Å². The minimum Gasteiger partial charge on any atom is -0.325 e. The summed E-state index contributed by atoms with van der Waals surface area (Å²) in [5.74, 6) is 0.765. The smallest absolute Gasteiger partial charge is 0.325 e. The number of carbonyl (C=O) groups is 1. The average molecular weight is 438 g/mol. The number of hydrogen-bond donors (Lipinski definition) is 1. The SMILES string of the molecule is CCn1c(=O)n(CCC(=O)Nc2ccccc2SCc2ccsc2)c2ccccc21. The van der Waals surface area contributed by atoms with E-state index >= 15 is 0 Å². The second-order valence-corrected chi connectivity index (χ2v) is 8.68. The van der Waals surface area contributed by atoms with E-state index in [1.807, 2.05) is 55.5 Å². The molecule has 4 rings (SSSR count). The fourth-order valence-electron chi connectivity index (χ4n) is 3.45. The van der Waals surface area contributed by atoms with Crippen molar-refractivity contribution in [1.29, 1.82) is 0 Å². The zero-order chi connectivity index (χ0) is 20.9. The maximum Gasteiger partial charge on any atom is 0.329 e. The molecule has 1 N–H and O–H groups in total. The average Bonchev–Trinajstić information content (AvgIpc) is 3.37. The van der Waals surface area contributed by atoms with Crippen LogP contribution >= 0.6 is 23.1 Å². The highest BCUT2D eigenvalue weighted by Gasteiger charge is 2.13. The summed E-state index contributed by atoms with van der Waals surface area (Å²) in [5.41, 5.74) is 3.78. The standard InChI is InChI=1S/C23H23N3O2S2/c1-2-25-19-8-4-5-9-20(19)26(23(25)28)13-11-22(27)24-18-7-3-6-10-21(18)30-16-17-12-14-29-15-17/h3-10,12,14-15H,2,11,13,16H2,1H3,(H,24,27). The van der Waals surface area contributed by atoms with E-state index in [2.05, 4.69) is 22.1 Å². The van der Waals surface area contributed by atoms with Crippen molar-refractivity contribution in [3.05, 3.63) is 81.4 Å². The molecule has 0 saturated heterocycles. The maximum absolute atomic E-state index is 12.7. The molecule has 7 heteroatoms. The number of benzene rings is 2. The molecule has 4 aromatic rings. The highest BCUT2D eigenvalue weighted by atomic mass is 32.2. The molecule has 0 unspecified atom stereocenters. The Morgan fingerprint density at radius 3 is 2.50 bits per heavy atom. The molecule has 0 spiro atoms. The van der Waals surface area contributed by atoms with E-state index in [9.17, 15) is 9.59 Å². The van der Waals surface area contributed by atoms with Gasteiger partial charge in [-0.15, -0.1) is 11.8 Å². The molecular weight excluding hydrogens is 414 g/mol. The van der Waals surface area contributed by atoms with Gasteiger partial charge in [-0.2, -0.15) is 11.3 Å². The van der Waals surface area contributed by atoms with Crippen molar-refractivity contribution in [2.24, 2.45) is 0 Å². The van der Waals surface area contributed by atoms with Crippen LogP contribution in [-0.2, 0) is 23.6 Å². The molecule has 1 amide bonds. The third-order valence-corrected chi connectivity index (χ3v) is 6.82. The Morgan fingerprint density at radius 2 is 1.77 bits per heavy atom. The first-order chi connectivity index (χ1) is 14.7. The van der Waals surface area contributed by atoms with E-state index < -0.39 is 0 Å². The number of anilines is 1. The maximum atomic E-state index is 12.7. The van der Waals surface area contributed by atoms with Crippen LogP contribution in [0.5, 0.6) is 0 Å². The van der Waals surface area contributed by atoms with Crippen LogP contribution in [0, 0.1) is 0 Å². The number of amides is 1. The van der Waals surface area contributed by atoms with Crippen molar-refractivity contribution in [3.63, 3.8) is 0 Å². The summed E-state index contributed by atoms with van der Waals surface area (Å²) in [6.45, 7) is 2.91. The summed E-state index contributed by atoms with van der Waals surface area (Å²) < 4.78 is 3.43. The van der Waals surface area contributed by atoms with Gasteiger partial charge in [0.2, 0.25) is 5.91 Å². The number of aryl methyl sites for hydroxylation is 2. The van der Waals surface area contributed by atoms with E-state index in [0.717, 1.165) is 27.4 Å². The van der Waals surface area contributed by atoms with Gasteiger partial charge in [0, 0.05) is 30.2 Å². The second kappa shape index (κ2) is 9.36. The highest BCUT2D eigenvalue weighted by Crippen LogP contribution is 2.30. The molecule has 2 aromatic heterocycles. The first-order valence-corrected chi connectivity index (χ1v) is 11.8. The van der Waals surface area contributed by atoms with Crippen LogP contribution in [0.15, 0.2) is 75.0 Å². The number of rotatable bonds is 8. The van der Waals surface area contributed by atoms with Crippen LogP contribution in [0.3, 0.4) is 0 Å². The fraction of sp³-hybridized carbons (Fsp3) is 0.217. The summed E-state index contributed by atoms with van der Waals surface area (Å²) in [7, 11) is 0. The van der Waals surface area contributed by atoms with Gasteiger partial charge in [0.15, 0.2) is 0 Å². The summed E-state index contributed by atoms with van der Waals surface area (Å²) in [4.78, 5) is 26.4. The van der Waals surface area contributed by atoms with Crippen LogP contribution < -0.4 is 11.0 Å². The Kier molecular flexibility index (Phi) is 6.40. The van der Waals surface area contributed by atoms with E-state index in [1.165, 1.54) is 5.56 Å². The molecule has 0 aliphatic carbocycles. The zero-order valence-electron chi connectivity index (χ0n) is 16.7. The number of imidazole rings is 1. The van der Waals surface area contributed by atoms with E-state index in [0.29, 0.717) is 13.1 Å². The minimum absolute atomic E-state index is 0.0711. The molecular formula is C23H23N3O2S2. The third-order valence-electron chi connectivity index (χ3n) is 4.94. The fourth-order valence-corrected chi connectivity index (χ4v) is 5.18. The number of aromatic nitrogens is 2. The third kappa shape index (κ3) is 4.37. The normalized spacial score (nSPS) is 11.1. The summed E-state index contributed by atoms with van der Waals surface area (Å²) in [6.07, 6.45) is 0.237. The molecule has 0 radical (unpaired) electrons. The van der Waals surface area contributed by atoms with Crippen molar-refractivity contribution in [2.75, 3.05) is 5.32 Å². The van der Waals surface area contributed by atoms with Crippen molar-refractivity contribution in [2.45, 2.75) is 37.1 Å². The molecule has 2 heterocycles. The van der Waals surface area contributed by atoms with Crippen molar-refractivity contribution in [3.8, 4) is 0 Å². The lowest BCUT2D eigenvalue weighted by Crippen LogP contribution is -2.25. The summed E-state index contributed by atoms with van der Waals surface area (Å²) in [6, 6.07) is 17.7. The van der Waals surface area contributed by atoms with Gasteiger partial charge in [-0.05, 0) is 53.6 Å². The largest absolute Gasteiger partial charge is 0.329 e. The zero-order valence-corrected chi connectivity index (χ0v) is 18.3. The van der Waals surface area contributed by atoms with Crippen LogP contribution in [-0.4, -0.2) is 15.0 Å². The second-order valence-electron chi connectivity index (χ2n) is 6.88. The van der Waals surface area contributed by atoms with E-state index in [4.69, 9.17) is 0 Å². The van der Waals surface area contributed by atoms with Crippen molar-refractivity contribution >= 4 is 45.7 Å². The number of thioether (sulfide) groups is 1. The molecule has 0 saturated carbocycles. The highest BCUT2D eigenvalue weighted by molar-refractivity contribution is 7.98. The molecule has 0 aliphatic heterocycles. The van der Waals surface area contributed by atoms with Gasteiger partial charge in [0.05, 0.1) is 16.7 Å². The van der Waals surface area contributed by atoms with Gasteiger partial charge in [0.25, 0.3) is 0 Å². The van der Waals surface area contributed by atoms with Crippen LogP contribution in [0.25, 0.3) is 11.0 Å². The lowest BCUT2D eigenvalue weighted by atomic mass is 10.3. The van der Waals surface area contributed by atoms with Crippen LogP contribution in [0.1, 0.15) is 18.9 Å². The van der Waals surface area contributed by atoms with Gasteiger partial charge in [-0.3, -0.25) is 13.9 Å². The molecule has 0 bridgehead atoms. The van der Waals surface area contributed by atoms with Gasteiger partial charge in [-0.25, -0.2) is 4.79 Å². The minimum atomic E-state index is -0.0983. The Balaban J connectivity index is 1.45. The quantitative estimate of drug-likeness (QED) is 0.385. The first kappa shape index (κ1) is 20.5. The number of nitrogens with zero attached hydrogens (tertiary/aromatic N) is 2. The van der Waals surface area contributed by atoms with Gasteiger partial charge >= 0.3 is 5.69 Å². The van der Waals surface area contributed by atoms with Crippen LogP contribution in [0.2, 0.25) is 0 Å². The number of nitrogens with one attached hydrogen (secondary N) is 1. The van der Waals surface area contributed by atoms with Crippen LogP contribution in [0.4, 0.5) is 5.69 Å².